The summed E-state index contributed by atoms with van der Waals surface area (Å²) >= 11 is 0. The smallest absolute Gasteiger partial charge is 0.258 e. The second kappa shape index (κ2) is 7.39. The van der Waals surface area contributed by atoms with E-state index < -0.39 is 0 Å². The number of hydrogen-bond acceptors (Lipinski definition) is 2. The molecule has 1 atom stereocenters. The van der Waals surface area contributed by atoms with Gasteiger partial charge in [0.1, 0.15) is 6.29 Å². The van der Waals surface area contributed by atoms with Gasteiger partial charge in [0.2, 0.25) is 0 Å². The molecule has 2 aromatic rings. The van der Waals surface area contributed by atoms with Crippen molar-refractivity contribution < 1.29 is 9.59 Å². The monoisotopic (exact) mass is 281 g/mol. The molecule has 0 heterocycles. The number of nitrogens with zero attached hydrogens (tertiary/aromatic N) is 1. The van der Waals surface area contributed by atoms with E-state index in [4.69, 9.17) is 0 Å². The van der Waals surface area contributed by atoms with Crippen molar-refractivity contribution in [1.29, 1.82) is 0 Å². The fourth-order valence-electron chi connectivity index (χ4n) is 2.37. The first kappa shape index (κ1) is 15.0. The van der Waals surface area contributed by atoms with Crippen LogP contribution in [-0.2, 0) is 4.79 Å². The molecule has 0 radical (unpaired) electrons. The van der Waals surface area contributed by atoms with Crippen molar-refractivity contribution in [3.05, 3.63) is 66.2 Å². The molecular weight excluding hydrogens is 262 g/mol. The summed E-state index contributed by atoms with van der Waals surface area (Å²) in [5, 5.41) is 0. The van der Waals surface area contributed by atoms with E-state index in [-0.39, 0.29) is 11.9 Å². The Hall–Kier alpha value is -2.42. The van der Waals surface area contributed by atoms with Crippen molar-refractivity contribution in [3.8, 4) is 0 Å². The first-order valence-electron chi connectivity index (χ1n) is 7.15. The van der Waals surface area contributed by atoms with Crippen molar-refractivity contribution in [2.75, 3.05) is 4.90 Å². The Morgan fingerprint density at radius 2 is 1.62 bits per heavy atom. The molecule has 21 heavy (non-hydrogen) atoms. The van der Waals surface area contributed by atoms with Crippen LogP contribution in [0.2, 0.25) is 0 Å². The molecule has 0 bridgehead atoms. The van der Waals surface area contributed by atoms with Gasteiger partial charge in [-0.1, -0.05) is 43.3 Å². The van der Waals surface area contributed by atoms with Crippen LogP contribution in [0.25, 0.3) is 0 Å². The molecule has 0 aliphatic heterocycles. The molecule has 0 saturated heterocycles. The molecule has 2 aromatic carbocycles. The summed E-state index contributed by atoms with van der Waals surface area (Å²) < 4.78 is 0. The third-order valence-corrected chi connectivity index (χ3v) is 3.48. The van der Waals surface area contributed by atoms with Gasteiger partial charge in [0, 0.05) is 23.7 Å². The molecule has 0 N–H and O–H groups in total. The standard InChI is InChI=1S/C18H19NO2/c1-2-16(13-14-20)19(17-11-7-4-8-12-17)18(21)15-9-5-3-6-10-15/h3-12,14,16H,2,13H2,1H3. The summed E-state index contributed by atoms with van der Waals surface area (Å²) in [5.74, 6) is -0.0736. The van der Waals surface area contributed by atoms with Gasteiger partial charge in [0.05, 0.1) is 0 Å². The van der Waals surface area contributed by atoms with Gasteiger partial charge in [-0.05, 0) is 30.7 Å². The third kappa shape index (κ3) is 3.57. The Kier molecular flexibility index (Phi) is 5.27. The van der Waals surface area contributed by atoms with E-state index in [9.17, 15) is 9.59 Å². The lowest BCUT2D eigenvalue weighted by molar-refractivity contribution is -0.108. The molecule has 0 saturated carbocycles. The molecule has 1 amide bonds. The lowest BCUT2D eigenvalue weighted by Crippen LogP contribution is -2.40. The molecule has 0 aromatic heterocycles. The molecule has 3 heteroatoms. The maximum absolute atomic E-state index is 12.8. The summed E-state index contributed by atoms with van der Waals surface area (Å²) in [6, 6.07) is 18.5. The number of aldehydes is 1. The van der Waals surface area contributed by atoms with E-state index >= 15 is 0 Å². The largest absolute Gasteiger partial charge is 0.305 e. The lowest BCUT2D eigenvalue weighted by atomic mass is 10.1. The van der Waals surface area contributed by atoms with Crippen LogP contribution in [0.5, 0.6) is 0 Å². The Balaban J connectivity index is 2.40. The highest BCUT2D eigenvalue weighted by atomic mass is 16.2. The number of amides is 1. The van der Waals surface area contributed by atoms with Crippen LogP contribution in [0, 0.1) is 0 Å². The number of rotatable bonds is 6. The van der Waals surface area contributed by atoms with Crippen molar-refractivity contribution in [2.24, 2.45) is 0 Å². The third-order valence-electron chi connectivity index (χ3n) is 3.48. The first-order chi connectivity index (χ1) is 10.3. The first-order valence-corrected chi connectivity index (χ1v) is 7.15. The Morgan fingerprint density at radius 1 is 1.05 bits per heavy atom. The van der Waals surface area contributed by atoms with Gasteiger partial charge in [0.15, 0.2) is 0 Å². The van der Waals surface area contributed by atoms with Gasteiger partial charge in [-0.15, -0.1) is 0 Å². The van der Waals surface area contributed by atoms with Gasteiger partial charge >= 0.3 is 0 Å². The average Bonchev–Trinajstić information content (AvgIpc) is 2.56. The predicted octanol–water partition coefficient (Wildman–Crippen LogP) is 3.70. The Morgan fingerprint density at radius 3 is 2.14 bits per heavy atom. The summed E-state index contributed by atoms with van der Waals surface area (Å²) in [6.07, 6.45) is 1.94. The van der Waals surface area contributed by atoms with Gasteiger partial charge in [0.25, 0.3) is 5.91 Å². The highest BCUT2D eigenvalue weighted by molar-refractivity contribution is 6.06. The van der Waals surface area contributed by atoms with Crippen LogP contribution >= 0.6 is 0 Å². The second-order valence-corrected chi connectivity index (χ2v) is 4.84. The number of carbonyl (C=O) groups is 2. The van der Waals surface area contributed by atoms with E-state index in [0.717, 1.165) is 18.4 Å². The number of anilines is 1. The average molecular weight is 281 g/mol. The number of benzene rings is 2. The minimum absolute atomic E-state index is 0.0736. The topological polar surface area (TPSA) is 37.4 Å². The molecule has 108 valence electrons. The van der Waals surface area contributed by atoms with Crippen LogP contribution in [-0.4, -0.2) is 18.2 Å². The second-order valence-electron chi connectivity index (χ2n) is 4.84. The van der Waals surface area contributed by atoms with Crippen molar-refractivity contribution in [1.82, 2.24) is 0 Å². The van der Waals surface area contributed by atoms with Crippen LogP contribution in [0.15, 0.2) is 60.7 Å². The molecule has 0 spiro atoms. The van der Waals surface area contributed by atoms with Gasteiger partial charge in [-0.3, -0.25) is 4.79 Å². The van der Waals surface area contributed by atoms with E-state index in [2.05, 4.69) is 0 Å². The lowest BCUT2D eigenvalue weighted by Gasteiger charge is -2.30. The summed E-state index contributed by atoms with van der Waals surface area (Å²) in [7, 11) is 0. The maximum Gasteiger partial charge on any atom is 0.258 e. The van der Waals surface area contributed by atoms with Crippen LogP contribution < -0.4 is 4.90 Å². The highest BCUT2D eigenvalue weighted by Crippen LogP contribution is 2.22. The SMILES string of the molecule is CCC(CC=O)N(C(=O)c1ccccc1)c1ccccc1. The van der Waals surface area contributed by atoms with E-state index in [0.29, 0.717) is 12.0 Å². The molecular formula is C18H19NO2. The maximum atomic E-state index is 12.8. The zero-order valence-corrected chi connectivity index (χ0v) is 12.1. The zero-order chi connectivity index (χ0) is 15.1. The quantitative estimate of drug-likeness (QED) is 0.757. The number of hydrogen-bond donors (Lipinski definition) is 0. The molecule has 0 fully saturated rings. The van der Waals surface area contributed by atoms with Gasteiger partial charge in [-0.2, -0.15) is 0 Å². The fourth-order valence-corrected chi connectivity index (χ4v) is 2.37. The minimum Gasteiger partial charge on any atom is -0.305 e. The summed E-state index contributed by atoms with van der Waals surface area (Å²) in [5.41, 5.74) is 1.45. The number of para-hydroxylation sites is 1. The predicted molar refractivity (Wildman–Crippen MR) is 84.5 cm³/mol. The normalized spacial score (nSPS) is 11.7. The van der Waals surface area contributed by atoms with Crippen molar-refractivity contribution >= 4 is 17.9 Å². The van der Waals surface area contributed by atoms with Crippen LogP contribution in [0.3, 0.4) is 0 Å². The molecule has 2 rings (SSSR count). The zero-order valence-electron chi connectivity index (χ0n) is 12.1. The Bertz CT molecular complexity index is 581. The van der Waals surface area contributed by atoms with E-state index in [1.807, 2.05) is 55.5 Å². The molecule has 3 nitrogen and oxygen atoms in total. The van der Waals surface area contributed by atoms with Crippen LogP contribution in [0.4, 0.5) is 5.69 Å². The van der Waals surface area contributed by atoms with Crippen molar-refractivity contribution in [2.45, 2.75) is 25.8 Å². The van der Waals surface area contributed by atoms with Gasteiger partial charge < -0.3 is 9.69 Å². The Labute approximate surface area is 125 Å². The molecule has 0 aliphatic rings. The van der Waals surface area contributed by atoms with Gasteiger partial charge in [-0.25, -0.2) is 0 Å². The number of carbonyl (C=O) groups excluding carboxylic acids is 2. The van der Waals surface area contributed by atoms with E-state index in [1.54, 1.807) is 17.0 Å². The van der Waals surface area contributed by atoms with Crippen LogP contribution in [0.1, 0.15) is 30.1 Å². The summed E-state index contributed by atoms with van der Waals surface area (Å²) in [4.78, 5) is 25.5. The molecule has 1 unspecified atom stereocenters. The molecule has 0 aliphatic carbocycles. The summed E-state index contributed by atoms with van der Waals surface area (Å²) in [6.45, 7) is 1.99. The minimum atomic E-state index is -0.127. The van der Waals surface area contributed by atoms with Crippen molar-refractivity contribution in [3.63, 3.8) is 0 Å². The highest BCUT2D eigenvalue weighted by Gasteiger charge is 2.24. The fraction of sp³-hybridized carbons (Fsp3) is 0.222. The van der Waals surface area contributed by atoms with E-state index in [1.165, 1.54) is 0 Å².